The number of H-pyrrole nitrogens is 1. The smallest absolute Gasteiger partial charge is 0.250 e. The van der Waals surface area contributed by atoms with Gasteiger partial charge in [0.2, 0.25) is 0 Å². The van der Waals surface area contributed by atoms with E-state index >= 15 is 0 Å². The van der Waals surface area contributed by atoms with Gasteiger partial charge in [0, 0.05) is 0 Å². The minimum Gasteiger partial charge on any atom is -0.366 e. The van der Waals surface area contributed by atoms with Crippen LogP contribution in [0.15, 0.2) is 36.4 Å². The second-order valence-electron chi connectivity index (χ2n) is 6.97. The normalized spacial score (nSPS) is 16.2. The zero-order valence-electron chi connectivity index (χ0n) is 14.6. The van der Waals surface area contributed by atoms with Gasteiger partial charge in [-0.1, -0.05) is 12.1 Å². The van der Waals surface area contributed by atoms with Gasteiger partial charge in [0.15, 0.2) is 0 Å². The summed E-state index contributed by atoms with van der Waals surface area (Å²) in [4.78, 5) is 21.4. The van der Waals surface area contributed by atoms with Crippen molar-refractivity contribution in [1.82, 2.24) is 14.9 Å². The third kappa shape index (κ3) is 2.97. The van der Waals surface area contributed by atoms with Crippen molar-refractivity contribution < 1.29 is 9.18 Å². The number of aromatic nitrogens is 2. The first-order valence-corrected chi connectivity index (χ1v) is 8.80. The number of nitrogens with two attached hydrogens (primary N) is 1. The van der Waals surface area contributed by atoms with Crippen LogP contribution in [0.1, 0.15) is 34.7 Å². The van der Waals surface area contributed by atoms with Crippen LogP contribution in [0.5, 0.6) is 0 Å². The van der Waals surface area contributed by atoms with E-state index in [-0.39, 0.29) is 5.82 Å². The van der Waals surface area contributed by atoms with Crippen LogP contribution in [0.4, 0.5) is 4.39 Å². The lowest BCUT2D eigenvalue weighted by atomic mass is 9.89. The lowest BCUT2D eigenvalue weighted by Crippen LogP contribution is -2.29. The van der Waals surface area contributed by atoms with E-state index < -0.39 is 5.91 Å². The van der Waals surface area contributed by atoms with E-state index in [1.807, 2.05) is 6.07 Å². The number of carbonyl (C=O) groups excluding carboxylic acids is 1. The fourth-order valence-corrected chi connectivity index (χ4v) is 3.68. The second kappa shape index (κ2) is 6.53. The van der Waals surface area contributed by atoms with E-state index in [1.54, 1.807) is 30.3 Å². The van der Waals surface area contributed by atoms with Crippen LogP contribution in [-0.4, -0.2) is 40.9 Å². The van der Waals surface area contributed by atoms with Crippen molar-refractivity contribution in [2.24, 2.45) is 5.73 Å². The highest BCUT2D eigenvalue weighted by Crippen LogP contribution is 2.31. The Bertz CT molecular complexity index is 973. The minimum absolute atomic E-state index is 0.305. The van der Waals surface area contributed by atoms with Crippen molar-refractivity contribution in [1.29, 1.82) is 0 Å². The van der Waals surface area contributed by atoms with E-state index in [4.69, 9.17) is 5.73 Å². The molecule has 3 N–H and O–H groups in total. The molecule has 2 aromatic carbocycles. The largest absolute Gasteiger partial charge is 0.366 e. The van der Waals surface area contributed by atoms with Gasteiger partial charge >= 0.3 is 0 Å². The monoisotopic (exact) mass is 352 g/mol. The van der Waals surface area contributed by atoms with Crippen molar-refractivity contribution in [2.75, 3.05) is 20.1 Å². The van der Waals surface area contributed by atoms with Gasteiger partial charge in [0.05, 0.1) is 16.6 Å². The molecule has 2 heterocycles. The molecule has 6 heteroatoms. The molecule has 1 aromatic heterocycles. The molecule has 5 nitrogen and oxygen atoms in total. The number of benzene rings is 2. The van der Waals surface area contributed by atoms with Gasteiger partial charge in [0.1, 0.15) is 17.2 Å². The molecule has 1 amide bonds. The van der Waals surface area contributed by atoms with Crippen molar-refractivity contribution in [3.63, 3.8) is 0 Å². The van der Waals surface area contributed by atoms with Crippen LogP contribution in [-0.2, 0) is 0 Å². The predicted molar refractivity (Wildman–Crippen MR) is 99.5 cm³/mol. The standard InChI is InChI=1S/C20H21FN4O/c1-25-9-7-12(8-10-25)13-5-6-14(16(21)11-13)20-23-17-4-2-3-15(19(22)26)18(17)24-20/h2-6,11-12H,7-10H2,1H3,(H2,22,26)(H,23,24). The molecule has 0 bridgehead atoms. The third-order valence-electron chi connectivity index (χ3n) is 5.22. The second-order valence-corrected chi connectivity index (χ2v) is 6.97. The Balaban J connectivity index is 1.69. The number of nitrogens with zero attached hydrogens (tertiary/aromatic N) is 2. The molecule has 1 aliphatic heterocycles. The van der Waals surface area contributed by atoms with E-state index in [0.29, 0.717) is 33.9 Å². The number of amides is 1. The van der Waals surface area contributed by atoms with E-state index in [2.05, 4.69) is 21.9 Å². The molecular weight excluding hydrogens is 331 g/mol. The summed E-state index contributed by atoms with van der Waals surface area (Å²) in [5.74, 6) is -0.0548. The molecule has 3 aromatic rings. The lowest BCUT2D eigenvalue weighted by molar-refractivity contribution is 0.100. The number of para-hydroxylation sites is 1. The zero-order chi connectivity index (χ0) is 18.3. The van der Waals surface area contributed by atoms with Crippen molar-refractivity contribution >= 4 is 16.9 Å². The third-order valence-corrected chi connectivity index (χ3v) is 5.22. The number of carbonyl (C=O) groups is 1. The van der Waals surface area contributed by atoms with Crippen LogP contribution in [0, 0.1) is 5.82 Å². The Kier molecular flexibility index (Phi) is 4.20. The summed E-state index contributed by atoms with van der Waals surface area (Å²) < 4.78 is 14.8. The number of piperidine rings is 1. The SMILES string of the molecule is CN1CCC(c2ccc(-c3nc4c(C(N)=O)cccc4[nH]3)c(F)c2)CC1. The summed E-state index contributed by atoms with van der Waals surface area (Å²) in [7, 11) is 2.11. The number of aromatic amines is 1. The van der Waals surface area contributed by atoms with Gasteiger partial charge in [-0.3, -0.25) is 4.79 Å². The summed E-state index contributed by atoms with van der Waals surface area (Å²) in [6, 6.07) is 10.5. The molecule has 0 saturated carbocycles. The molecule has 4 rings (SSSR count). The highest BCUT2D eigenvalue weighted by molar-refractivity contribution is 6.04. The average molecular weight is 352 g/mol. The minimum atomic E-state index is -0.549. The van der Waals surface area contributed by atoms with Crippen LogP contribution in [0.25, 0.3) is 22.4 Å². The number of rotatable bonds is 3. The molecular formula is C20H21FN4O. The maximum atomic E-state index is 14.8. The molecule has 1 saturated heterocycles. The highest BCUT2D eigenvalue weighted by atomic mass is 19.1. The van der Waals surface area contributed by atoms with Crippen LogP contribution < -0.4 is 5.73 Å². The first kappa shape index (κ1) is 16.7. The Morgan fingerprint density at radius 2 is 2.04 bits per heavy atom. The summed E-state index contributed by atoms with van der Waals surface area (Å²) >= 11 is 0. The Morgan fingerprint density at radius 1 is 1.27 bits per heavy atom. The first-order chi connectivity index (χ1) is 12.5. The molecule has 0 spiro atoms. The molecule has 0 radical (unpaired) electrons. The van der Waals surface area contributed by atoms with Gasteiger partial charge in [-0.15, -0.1) is 0 Å². The van der Waals surface area contributed by atoms with Gasteiger partial charge < -0.3 is 15.6 Å². The number of primary amides is 1. The summed E-state index contributed by atoms with van der Waals surface area (Å²) in [6.45, 7) is 2.07. The predicted octanol–water partition coefficient (Wildman–Crippen LogP) is 3.28. The number of nitrogens with one attached hydrogen (secondary N) is 1. The van der Waals surface area contributed by atoms with Gasteiger partial charge in [-0.25, -0.2) is 9.37 Å². The molecule has 0 atom stereocenters. The lowest BCUT2D eigenvalue weighted by Gasteiger charge is -2.29. The number of likely N-dealkylation sites (tertiary alicyclic amines) is 1. The van der Waals surface area contributed by atoms with Gasteiger partial charge in [-0.05, 0) is 68.7 Å². The Hall–Kier alpha value is -2.73. The molecule has 0 unspecified atom stereocenters. The number of imidazole rings is 1. The summed E-state index contributed by atoms with van der Waals surface area (Å²) in [5.41, 5.74) is 8.29. The summed E-state index contributed by atoms with van der Waals surface area (Å²) in [6.07, 6.45) is 2.09. The molecule has 1 fully saturated rings. The first-order valence-electron chi connectivity index (χ1n) is 8.80. The zero-order valence-corrected chi connectivity index (χ0v) is 14.6. The summed E-state index contributed by atoms with van der Waals surface area (Å²) in [5, 5.41) is 0. The van der Waals surface area contributed by atoms with Crippen molar-refractivity contribution in [3.8, 4) is 11.4 Å². The van der Waals surface area contributed by atoms with Crippen LogP contribution >= 0.6 is 0 Å². The van der Waals surface area contributed by atoms with Gasteiger partial charge in [-0.2, -0.15) is 0 Å². The number of hydrogen-bond donors (Lipinski definition) is 2. The van der Waals surface area contributed by atoms with E-state index in [9.17, 15) is 9.18 Å². The van der Waals surface area contributed by atoms with Gasteiger partial charge in [0.25, 0.3) is 5.91 Å². The number of halogens is 1. The number of fused-ring (bicyclic) bond motifs is 1. The maximum Gasteiger partial charge on any atom is 0.250 e. The van der Waals surface area contributed by atoms with Crippen LogP contribution in [0.3, 0.4) is 0 Å². The maximum absolute atomic E-state index is 14.8. The van der Waals surface area contributed by atoms with E-state index in [0.717, 1.165) is 31.5 Å². The van der Waals surface area contributed by atoms with Crippen molar-refractivity contribution in [3.05, 3.63) is 53.3 Å². The number of hydrogen-bond acceptors (Lipinski definition) is 3. The molecule has 0 aliphatic carbocycles. The Morgan fingerprint density at radius 3 is 2.73 bits per heavy atom. The molecule has 26 heavy (non-hydrogen) atoms. The average Bonchev–Trinajstić information content (AvgIpc) is 3.05. The quantitative estimate of drug-likeness (QED) is 0.760. The fraction of sp³-hybridized carbons (Fsp3) is 0.300. The van der Waals surface area contributed by atoms with E-state index in [1.165, 1.54) is 0 Å². The highest BCUT2D eigenvalue weighted by Gasteiger charge is 2.20. The Labute approximate surface area is 151 Å². The molecule has 134 valence electrons. The fourth-order valence-electron chi connectivity index (χ4n) is 3.68. The van der Waals surface area contributed by atoms with Crippen molar-refractivity contribution in [2.45, 2.75) is 18.8 Å². The van der Waals surface area contributed by atoms with Crippen LogP contribution in [0.2, 0.25) is 0 Å². The molecule has 1 aliphatic rings. The topological polar surface area (TPSA) is 75.0 Å².